The Balaban J connectivity index is 1.86. The summed E-state index contributed by atoms with van der Waals surface area (Å²) in [5.41, 5.74) is 9.86. The lowest BCUT2D eigenvalue weighted by Crippen LogP contribution is -2.22. The Morgan fingerprint density at radius 1 is 1.33 bits per heavy atom. The van der Waals surface area contributed by atoms with E-state index in [1.54, 1.807) is 0 Å². The van der Waals surface area contributed by atoms with Gasteiger partial charge in [-0.1, -0.05) is 0 Å². The van der Waals surface area contributed by atoms with Crippen LogP contribution in [0.4, 0.5) is 4.79 Å². The molecule has 0 aliphatic heterocycles. The van der Waals surface area contributed by atoms with Crippen molar-refractivity contribution < 1.29 is 19.7 Å². The molecule has 6 N–H and O–H groups in total. The van der Waals surface area contributed by atoms with E-state index in [1.807, 2.05) is 13.1 Å². The molecule has 9 nitrogen and oxygen atoms in total. The Bertz CT molecular complexity index is 1190. The van der Waals surface area contributed by atoms with E-state index in [-0.39, 0.29) is 0 Å². The molecule has 1 aliphatic carbocycles. The largest absolute Gasteiger partial charge is 0.511 e. The topological polar surface area (TPSA) is 143 Å². The van der Waals surface area contributed by atoms with Crippen LogP contribution < -0.4 is 21.3 Å². The first-order valence-electron chi connectivity index (χ1n) is 9.82. The Kier molecular flexibility index (Phi) is 5.23. The van der Waals surface area contributed by atoms with Crippen LogP contribution in [0.15, 0.2) is 23.0 Å². The quantitative estimate of drug-likeness (QED) is 0.318. The van der Waals surface area contributed by atoms with Gasteiger partial charge in [0.05, 0.1) is 5.69 Å². The van der Waals surface area contributed by atoms with Gasteiger partial charge < -0.3 is 35.6 Å². The van der Waals surface area contributed by atoms with E-state index in [4.69, 9.17) is 10.8 Å². The first kappa shape index (κ1) is 20.0. The van der Waals surface area contributed by atoms with Crippen molar-refractivity contribution in [3.63, 3.8) is 0 Å². The summed E-state index contributed by atoms with van der Waals surface area (Å²) in [7, 11) is 2.02. The maximum Gasteiger partial charge on any atom is 0.511 e. The zero-order valence-corrected chi connectivity index (χ0v) is 16.6. The van der Waals surface area contributed by atoms with Crippen molar-refractivity contribution in [3.8, 4) is 22.8 Å². The van der Waals surface area contributed by atoms with Crippen LogP contribution in [0.3, 0.4) is 0 Å². The molecule has 3 aromatic rings. The fraction of sp³-hybridized carbons (Fsp3) is 0.333. The van der Waals surface area contributed by atoms with Crippen LogP contribution in [-0.2, 0) is 26.4 Å². The average molecular weight is 412 g/mol. The zero-order valence-electron chi connectivity index (χ0n) is 16.6. The van der Waals surface area contributed by atoms with Gasteiger partial charge in [-0.3, -0.25) is 4.79 Å². The molecule has 1 aromatic carbocycles. The molecular formula is C21H24N4O5. The van der Waals surface area contributed by atoms with Crippen molar-refractivity contribution in [3.05, 3.63) is 45.4 Å². The van der Waals surface area contributed by atoms with Gasteiger partial charge in [0.15, 0.2) is 5.75 Å². The summed E-state index contributed by atoms with van der Waals surface area (Å²) in [5.74, 6) is -0.998. The summed E-state index contributed by atoms with van der Waals surface area (Å²) in [4.78, 5) is 26.0. The van der Waals surface area contributed by atoms with E-state index in [2.05, 4.69) is 31.7 Å². The number of H-pyrrole nitrogens is 1. The van der Waals surface area contributed by atoms with Crippen molar-refractivity contribution in [2.75, 3.05) is 13.1 Å². The number of nitrogens with one attached hydrogen (secondary N) is 2. The van der Waals surface area contributed by atoms with Crippen LogP contribution in [0.2, 0.25) is 0 Å². The number of hydrogen-bond donors (Lipinski definition) is 5. The van der Waals surface area contributed by atoms with Gasteiger partial charge in [-0.25, -0.2) is 4.79 Å². The lowest BCUT2D eigenvalue weighted by Gasteiger charge is -2.13. The fourth-order valence-corrected chi connectivity index (χ4v) is 4.13. The Morgan fingerprint density at radius 3 is 2.87 bits per heavy atom. The van der Waals surface area contributed by atoms with Gasteiger partial charge in [-0.05, 0) is 43.0 Å². The summed E-state index contributed by atoms with van der Waals surface area (Å²) in [5, 5.41) is 23.7. The summed E-state index contributed by atoms with van der Waals surface area (Å²) in [6.45, 7) is 1.99. The minimum Gasteiger partial charge on any atom is -0.504 e. The number of carbonyl (C=O) groups is 1. The third-order valence-corrected chi connectivity index (χ3v) is 5.57. The Hall–Kier alpha value is -3.30. The molecule has 2 aromatic heterocycles. The third kappa shape index (κ3) is 3.42. The van der Waals surface area contributed by atoms with Gasteiger partial charge in [-0.2, -0.15) is 0 Å². The van der Waals surface area contributed by atoms with E-state index < -0.39 is 23.2 Å². The molecule has 0 unspecified atom stereocenters. The molecule has 0 atom stereocenters. The second-order valence-corrected chi connectivity index (χ2v) is 7.44. The van der Waals surface area contributed by atoms with Gasteiger partial charge in [0.2, 0.25) is 5.75 Å². The highest BCUT2D eigenvalue weighted by Gasteiger charge is 2.25. The van der Waals surface area contributed by atoms with E-state index in [1.165, 1.54) is 0 Å². The van der Waals surface area contributed by atoms with Crippen molar-refractivity contribution >= 4 is 17.1 Å². The van der Waals surface area contributed by atoms with Crippen molar-refractivity contribution in [1.29, 1.82) is 0 Å². The first-order chi connectivity index (χ1) is 14.4. The van der Waals surface area contributed by atoms with Crippen LogP contribution in [0.1, 0.15) is 23.2 Å². The van der Waals surface area contributed by atoms with Crippen molar-refractivity contribution in [1.82, 2.24) is 14.9 Å². The minimum absolute atomic E-state index is 0.413. The number of aromatic amines is 1. The van der Waals surface area contributed by atoms with Crippen molar-refractivity contribution in [2.24, 2.45) is 12.8 Å². The van der Waals surface area contributed by atoms with E-state index >= 15 is 0 Å². The second-order valence-electron chi connectivity index (χ2n) is 7.44. The fourth-order valence-electron chi connectivity index (χ4n) is 4.13. The Morgan fingerprint density at radius 2 is 2.13 bits per heavy atom. The smallest absolute Gasteiger partial charge is 0.504 e. The predicted molar refractivity (Wildman–Crippen MR) is 112 cm³/mol. The molecule has 0 fully saturated rings. The lowest BCUT2D eigenvalue weighted by molar-refractivity contribution is 0.142. The van der Waals surface area contributed by atoms with Gasteiger partial charge >= 0.3 is 6.16 Å². The van der Waals surface area contributed by atoms with Crippen LogP contribution in [0, 0.1) is 0 Å². The number of hydrogen-bond acceptors (Lipinski definition) is 6. The number of carboxylic acid groups (broad SMARTS) is 1. The molecule has 0 bridgehead atoms. The van der Waals surface area contributed by atoms with E-state index in [0.29, 0.717) is 30.8 Å². The maximum absolute atomic E-state index is 12.4. The van der Waals surface area contributed by atoms with E-state index in [9.17, 15) is 14.7 Å². The third-order valence-electron chi connectivity index (χ3n) is 5.57. The van der Waals surface area contributed by atoms with Crippen LogP contribution in [0.25, 0.3) is 22.2 Å². The molecule has 4 rings (SSSR count). The molecule has 9 heteroatoms. The van der Waals surface area contributed by atoms with Crippen LogP contribution in [-0.4, -0.2) is 39.0 Å². The average Bonchev–Trinajstić information content (AvgIpc) is 2.89. The maximum atomic E-state index is 12.4. The van der Waals surface area contributed by atoms with Gasteiger partial charge in [0.1, 0.15) is 0 Å². The van der Waals surface area contributed by atoms with E-state index in [0.717, 1.165) is 47.1 Å². The molecule has 158 valence electrons. The number of nitrogens with zero attached hydrogens (tertiary/aromatic N) is 1. The number of nitrogens with two attached hydrogens (primary N) is 1. The van der Waals surface area contributed by atoms with Gasteiger partial charge in [0, 0.05) is 54.4 Å². The molecular weight excluding hydrogens is 388 g/mol. The van der Waals surface area contributed by atoms with Crippen molar-refractivity contribution in [2.45, 2.75) is 25.8 Å². The molecule has 0 saturated carbocycles. The summed E-state index contributed by atoms with van der Waals surface area (Å²) in [6.07, 6.45) is 0.356. The normalized spacial score (nSPS) is 13.0. The first-order valence-corrected chi connectivity index (χ1v) is 9.82. The standard InChI is InChI=1S/C21H24N4O5/c1-25-13(10-23-6-5-22)7-12-8-15-11(9-16(12)25)3-2-4-14-17(15)24-20(27)19(18(14)26)30-21(28)29/h7-9,23H,2-6,10,22H2,1H3,(H,28,29)(H2,24,26,27). The highest BCUT2D eigenvalue weighted by atomic mass is 16.7. The lowest BCUT2D eigenvalue weighted by atomic mass is 9.99. The number of benzene rings is 1. The SMILES string of the molecule is Cn1c(CNCCN)cc2cc3c(cc21)CCCc1c-3[nH]c(=O)c(OC(=O)O)c1O. The molecule has 0 radical (unpaired) electrons. The summed E-state index contributed by atoms with van der Waals surface area (Å²) < 4.78 is 6.64. The number of rotatable bonds is 5. The molecule has 30 heavy (non-hydrogen) atoms. The summed E-state index contributed by atoms with van der Waals surface area (Å²) in [6, 6.07) is 6.21. The highest BCUT2D eigenvalue weighted by Crippen LogP contribution is 2.40. The number of fused-ring (bicyclic) bond motifs is 4. The number of ether oxygens (including phenoxy) is 1. The van der Waals surface area contributed by atoms with Crippen LogP contribution >= 0.6 is 0 Å². The Labute approximate surface area is 172 Å². The summed E-state index contributed by atoms with van der Waals surface area (Å²) >= 11 is 0. The number of aryl methyl sites for hydroxylation is 2. The predicted octanol–water partition coefficient (Wildman–Crippen LogP) is 1.83. The molecule has 0 spiro atoms. The molecule has 1 aliphatic rings. The molecule has 0 amide bonds. The monoisotopic (exact) mass is 412 g/mol. The van der Waals surface area contributed by atoms with Gasteiger partial charge in [-0.15, -0.1) is 0 Å². The number of aromatic nitrogens is 2. The van der Waals surface area contributed by atoms with Gasteiger partial charge in [0.25, 0.3) is 5.56 Å². The number of aromatic hydroxyl groups is 1. The zero-order chi connectivity index (χ0) is 21.4. The molecule has 0 saturated heterocycles. The highest BCUT2D eigenvalue weighted by molar-refractivity contribution is 5.89. The minimum atomic E-state index is -1.65. The number of pyridine rings is 1. The van der Waals surface area contributed by atoms with Crippen LogP contribution in [0.5, 0.6) is 11.5 Å². The molecule has 2 heterocycles. The second kappa shape index (κ2) is 7.85.